The summed E-state index contributed by atoms with van der Waals surface area (Å²) in [6, 6.07) is 9.27. The Bertz CT molecular complexity index is 1230. The summed E-state index contributed by atoms with van der Waals surface area (Å²) in [4.78, 5) is 36.0. The highest BCUT2D eigenvalue weighted by Crippen LogP contribution is 2.38. The Labute approximate surface area is 245 Å². The van der Waals surface area contributed by atoms with Gasteiger partial charge in [0.2, 0.25) is 0 Å². The third-order valence-corrected chi connectivity index (χ3v) is 10.6. The van der Waals surface area contributed by atoms with Crippen LogP contribution < -0.4 is 0 Å². The van der Waals surface area contributed by atoms with Gasteiger partial charge in [0.05, 0.1) is 16.5 Å². The second-order valence-corrected chi connectivity index (χ2v) is 13.9. The fourth-order valence-corrected chi connectivity index (χ4v) is 7.54. The third kappa shape index (κ3) is 6.58. The maximum absolute atomic E-state index is 13.4. The lowest BCUT2D eigenvalue weighted by atomic mass is 9.75. The van der Waals surface area contributed by atoms with Crippen molar-refractivity contribution in [1.82, 2.24) is 19.6 Å². The lowest BCUT2D eigenvalue weighted by Gasteiger charge is -2.39. The van der Waals surface area contributed by atoms with Crippen molar-refractivity contribution in [3.05, 3.63) is 46.8 Å². The van der Waals surface area contributed by atoms with Crippen LogP contribution in [0.25, 0.3) is 10.4 Å². The van der Waals surface area contributed by atoms with Gasteiger partial charge in [0.15, 0.2) is 0 Å². The van der Waals surface area contributed by atoms with Crippen molar-refractivity contribution < 1.29 is 22.8 Å². The van der Waals surface area contributed by atoms with Crippen LogP contribution in [0, 0.1) is 5.41 Å². The number of carbonyl (C=O) groups is 2. The maximum atomic E-state index is 13.4. The van der Waals surface area contributed by atoms with Gasteiger partial charge in [0, 0.05) is 57.2 Å². The van der Waals surface area contributed by atoms with E-state index < -0.39 is 11.7 Å². The zero-order chi connectivity index (χ0) is 29.5. The first kappa shape index (κ1) is 29.9. The SMILES string of the molecule is CN(C(=O)c1ccc(-c2ccc(C(F)(F)F)cc2)s1)[C@@H]1CCN(C(=O)N(C)[C@H]2CCN(C3CCC(C)(C)CC3)C2)C1. The second kappa shape index (κ2) is 11.6. The Hall–Kier alpha value is -2.59. The molecular formula is C31H41F3N4O2S. The van der Waals surface area contributed by atoms with E-state index in [1.807, 2.05) is 16.8 Å². The molecule has 10 heteroatoms. The zero-order valence-electron chi connectivity index (χ0n) is 24.4. The summed E-state index contributed by atoms with van der Waals surface area (Å²) < 4.78 is 38.7. The molecule has 41 heavy (non-hydrogen) atoms. The first-order valence-electron chi connectivity index (χ1n) is 14.6. The predicted octanol–water partition coefficient (Wildman–Crippen LogP) is 6.68. The lowest BCUT2D eigenvalue weighted by Crippen LogP contribution is -2.48. The van der Waals surface area contributed by atoms with Crippen molar-refractivity contribution in [3.8, 4) is 10.4 Å². The minimum atomic E-state index is -4.38. The van der Waals surface area contributed by atoms with E-state index in [-0.39, 0.29) is 24.0 Å². The molecule has 3 heterocycles. The van der Waals surface area contributed by atoms with Gasteiger partial charge in [-0.05, 0) is 73.8 Å². The van der Waals surface area contributed by atoms with Crippen LogP contribution in [0.1, 0.15) is 67.6 Å². The van der Waals surface area contributed by atoms with Gasteiger partial charge >= 0.3 is 12.2 Å². The van der Waals surface area contributed by atoms with Gasteiger partial charge in [-0.15, -0.1) is 11.3 Å². The number of hydrogen-bond donors (Lipinski definition) is 0. The molecule has 0 unspecified atom stereocenters. The Morgan fingerprint density at radius 1 is 0.878 bits per heavy atom. The Morgan fingerprint density at radius 2 is 1.51 bits per heavy atom. The van der Waals surface area contributed by atoms with Gasteiger partial charge in [-0.3, -0.25) is 9.69 Å². The standard InChI is InChI=1S/C31H41F3N4O2S/c1-30(2)15-11-23(12-16-30)37-17-13-25(19-37)36(4)29(40)38-18-14-24(20-38)35(3)28(39)27-10-9-26(41-27)21-5-7-22(8-6-21)31(32,33)34/h5-10,23-25H,11-20H2,1-4H3/t24-,25+/m1/s1. The molecule has 0 N–H and O–H groups in total. The van der Waals surface area contributed by atoms with Gasteiger partial charge in [0.1, 0.15) is 0 Å². The fraction of sp³-hybridized carbons (Fsp3) is 0.613. The summed E-state index contributed by atoms with van der Waals surface area (Å²) in [6.45, 7) is 7.80. The molecule has 3 amide bonds. The van der Waals surface area contributed by atoms with Gasteiger partial charge in [-0.25, -0.2) is 4.79 Å². The largest absolute Gasteiger partial charge is 0.416 e. The zero-order valence-corrected chi connectivity index (χ0v) is 25.2. The molecule has 1 aromatic heterocycles. The van der Waals surface area contributed by atoms with Gasteiger partial charge in [-0.1, -0.05) is 26.0 Å². The summed E-state index contributed by atoms with van der Waals surface area (Å²) in [6.07, 6.45) is 2.33. The van der Waals surface area contributed by atoms with E-state index in [4.69, 9.17) is 0 Å². The topological polar surface area (TPSA) is 47.1 Å². The Balaban J connectivity index is 1.13. The molecular weight excluding hydrogens is 549 g/mol. The van der Waals surface area contributed by atoms with E-state index in [2.05, 4.69) is 18.7 Å². The Morgan fingerprint density at radius 3 is 2.17 bits per heavy atom. The molecule has 0 spiro atoms. The van der Waals surface area contributed by atoms with E-state index in [0.717, 1.165) is 36.5 Å². The smallest absolute Gasteiger partial charge is 0.336 e. The number of likely N-dealkylation sites (N-methyl/N-ethyl adjacent to an activating group) is 2. The highest BCUT2D eigenvalue weighted by molar-refractivity contribution is 7.17. The number of nitrogens with zero attached hydrogens (tertiary/aromatic N) is 4. The van der Waals surface area contributed by atoms with Crippen molar-refractivity contribution >= 4 is 23.3 Å². The number of hydrogen-bond acceptors (Lipinski definition) is 4. The quantitative estimate of drug-likeness (QED) is 0.391. The highest BCUT2D eigenvalue weighted by atomic mass is 32.1. The average Bonchev–Trinajstić information content (AvgIpc) is 3.72. The van der Waals surface area contributed by atoms with E-state index in [0.29, 0.717) is 41.4 Å². The fourth-order valence-electron chi connectivity index (χ4n) is 6.55. The van der Waals surface area contributed by atoms with Gasteiger partial charge < -0.3 is 14.7 Å². The van der Waals surface area contributed by atoms with Crippen molar-refractivity contribution in [3.63, 3.8) is 0 Å². The molecule has 1 saturated carbocycles. The van der Waals surface area contributed by atoms with Crippen molar-refractivity contribution in [2.45, 2.75) is 76.7 Å². The molecule has 3 fully saturated rings. The summed E-state index contributed by atoms with van der Waals surface area (Å²) >= 11 is 1.27. The summed E-state index contributed by atoms with van der Waals surface area (Å²) in [5.41, 5.74) is 0.391. The number of halogens is 3. The van der Waals surface area contributed by atoms with Gasteiger partial charge in [-0.2, -0.15) is 13.2 Å². The van der Waals surface area contributed by atoms with Gasteiger partial charge in [0.25, 0.3) is 5.91 Å². The molecule has 5 rings (SSSR count). The number of rotatable bonds is 5. The van der Waals surface area contributed by atoms with E-state index >= 15 is 0 Å². The molecule has 1 aliphatic carbocycles. The molecule has 0 bridgehead atoms. The molecule has 6 nitrogen and oxygen atoms in total. The minimum Gasteiger partial charge on any atom is -0.336 e. The minimum absolute atomic E-state index is 0.0330. The number of urea groups is 1. The van der Waals surface area contributed by atoms with Crippen molar-refractivity contribution in [2.24, 2.45) is 5.41 Å². The molecule has 1 aromatic carbocycles. The molecule has 2 aliphatic heterocycles. The molecule has 224 valence electrons. The number of alkyl halides is 3. The van der Waals surface area contributed by atoms with Crippen LogP contribution in [0.2, 0.25) is 0 Å². The van der Waals surface area contributed by atoms with Crippen molar-refractivity contribution in [1.29, 1.82) is 0 Å². The summed E-state index contributed by atoms with van der Waals surface area (Å²) in [5.74, 6) is -0.136. The number of benzene rings is 1. The number of likely N-dealkylation sites (tertiary alicyclic amines) is 2. The lowest BCUT2D eigenvalue weighted by molar-refractivity contribution is -0.137. The van der Waals surface area contributed by atoms with Crippen LogP contribution in [-0.2, 0) is 6.18 Å². The van der Waals surface area contributed by atoms with Crippen LogP contribution in [0.3, 0.4) is 0 Å². The molecule has 0 radical (unpaired) electrons. The predicted molar refractivity (Wildman–Crippen MR) is 156 cm³/mol. The van der Waals surface area contributed by atoms with Crippen LogP contribution in [-0.4, -0.2) is 89.9 Å². The first-order chi connectivity index (χ1) is 19.3. The van der Waals surface area contributed by atoms with Crippen molar-refractivity contribution in [2.75, 3.05) is 40.3 Å². The highest BCUT2D eigenvalue weighted by Gasteiger charge is 2.39. The maximum Gasteiger partial charge on any atom is 0.416 e. The van der Waals surface area contributed by atoms with E-state index in [1.165, 1.54) is 49.2 Å². The van der Waals surface area contributed by atoms with E-state index in [9.17, 15) is 22.8 Å². The third-order valence-electron chi connectivity index (χ3n) is 9.48. The molecule has 3 aliphatic rings. The monoisotopic (exact) mass is 590 g/mol. The second-order valence-electron chi connectivity index (χ2n) is 12.8. The molecule has 2 saturated heterocycles. The first-order valence-corrected chi connectivity index (χ1v) is 15.4. The number of thiophene rings is 1. The molecule has 2 aromatic rings. The average molecular weight is 591 g/mol. The molecule has 2 atom stereocenters. The van der Waals surface area contributed by atoms with Crippen LogP contribution >= 0.6 is 11.3 Å². The van der Waals surface area contributed by atoms with Crippen LogP contribution in [0.5, 0.6) is 0 Å². The van der Waals surface area contributed by atoms with E-state index in [1.54, 1.807) is 24.1 Å². The Kier molecular flexibility index (Phi) is 8.45. The number of amides is 3. The van der Waals surface area contributed by atoms with Crippen LogP contribution in [0.4, 0.5) is 18.0 Å². The van der Waals surface area contributed by atoms with Crippen LogP contribution in [0.15, 0.2) is 36.4 Å². The normalized spacial score (nSPS) is 23.6. The summed E-state index contributed by atoms with van der Waals surface area (Å²) in [7, 11) is 3.68. The summed E-state index contributed by atoms with van der Waals surface area (Å²) in [5, 5.41) is 0. The number of carbonyl (C=O) groups excluding carboxylic acids is 2.